The summed E-state index contributed by atoms with van der Waals surface area (Å²) in [7, 11) is 1.52. The molecule has 0 heterocycles. The van der Waals surface area contributed by atoms with Gasteiger partial charge in [-0.1, -0.05) is 0 Å². The van der Waals surface area contributed by atoms with Gasteiger partial charge in [-0.3, -0.25) is 0 Å². The molecule has 0 radical (unpaired) electrons. The Balaban J connectivity index is 2.21. The molecule has 1 aromatic carbocycles. The van der Waals surface area contributed by atoms with Crippen LogP contribution in [-0.4, -0.2) is 17.8 Å². The highest BCUT2D eigenvalue weighted by molar-refractivity contribution is 5.23. The van der Waals surface area contributed by atoms with Crippen LogP contribution in [0.25, 0.3) is 0 Å². The van der Waals surface area contributed by atoms with Crippen LogP contribution in [0.2, 0.25) is 0 Å². The number of rotatable bonds is 4. The van der Waals surface area contributed by atoms with E-state index in [0.717, 1.165) is 19.3 Å². The van der Waals surface area contributed by atoms with Gasteiger partial charge in [0.1, 0.15) is 17.5 Å². The number of methoxy groups -OCH3 is 1. The summed E-state index contributed by atoms with van der Waals surface area (Å²) < 4.78 is 45.0. The van der Waals surface area contributed by atoms with Crippen molar-refractivity contribution >= 4 is 0 Å². The Morgan fingerprint density at radius 3 is 2.22 bits per heavy atom. The summed E-state index contributed by atoms with van der Waals surface area (Å²) >= 11 is 0. The zero-order valence-corrected chi connectivity index (χ0v) is 10.0. The maximum absolute atomic E-state index is 13.5. The topological polar surface area (TPSA) is 29.5 Å². The molecule has 1 aliphatic rings. The first kappa shape index (κ1) is 13.4. The van der Waals surface area contributed by atoms with E-state index in [2.05, 4.69) is 0 Å². The van der Waals surface area contributed by atoms with Gasteiger partial charge in [-0.2, -0.15) is 0 Å². The molecule has 5 heteroatoms. The Morgan fingerprint density at radius 1 is 1.28 bits per heavy atom. The van der Waals surface area contributed by atoms with Gasteiger partial charge in [-0.05, 0) is 19.3 Å². The zero-order valence-electron chi connectivity index (χ0n) is 10.0. The predicted octanol–water partition coefficient (Wildman–Crippen LogP) is 3.10. The predicted molar refractivity (Wildman–Crippen MR) is 59.5 cm³/mol. The fraction of sp³-hybridized carbons (Fsp3) is 0.538. The van der Waals surface area contributed by atoms with Crippen molar-refractivity contribution in [3.05, 3.63) is 35.1 Å². The molecular weight excluding hydrogens is 245 g/mol. The molecule has 1 atom stereocenters. The number of ether oxygens (including phenoxy) is 1. The fourth-order valence-electron chi connectivity index (χ4n) is 2.39. The summed E-state index contributed by atoms with van der Waals surface area (Å²) in [5.41, 5.74) is -0.994. The van der Waals surface area contributed by atoms with Gasteiger partial charge in [-0.25, -0.2) is 13.2 Å². The molecule has 1 N–H and O–H groups in total. The second kappa shape index (κ2) is 4.90. The number of halogens is 3. The van der Waals surface area contributed by atoms with Crippen molar-refractivity contribution in [1.29, 1.82) is 0 Å². The molecule has 1 fully saturated rings. The molecule has 18 heavy (non-hydrogen) atoms. The van der Waals surface area contributed by atoms with Crippen molar-refractivity contribution in [2.24, 2.45) is 0 Å². The second-order valence-corrected chi connectivity index (χ2v) is 4.74. The largest absolute Gasteiger partial charge is 0.388 e. The molecule has 0 aliphatic heterocycles. The number of hydrogen-bond donors (Lipinski definition) is 1. The van der Waals surface area contributed by atoms with Crippen LogP contribution < -0.4 is 0 Å². The molecule has 0 spiro atoms. The van der Waals surface area contributed by atoms with Crippen molar-refractivity contribution in [2.45, 2.75) is 37.4 Å². The summed E-state index contributed by atoms with van der Waals surface area (Å²) in [6.45, 7) is 0. The molecular formula is C13H15F3O2. The summed E-state index contributed by atoms with van der Waals surface area (Å²) in [5.74, 6) is -3.12. The van der Waals surface area contributed by atoms with Crippen molar-refractivity contribution in [2.75, 3.05) is 7.11 Å². The Kier molecular flexibility index (Phi) is 3.64. The Bertz CT molecular complexity index is 415. The van der Waals surface area contributed by atoms with E-state index < -0.39 is 34.7 Å². The number of aliphatic hydroxyl groups excluding tert-OH is 1. The normalized spacial score (nSPS) is 19.4. The molecule has 1 saturated carbocycles. The zero-order chi connectivity index (χ0) is 13.3. The minimum atomic E-state index is -1.33. The van der Waals surface area contributed by atoms with E-state index in [-0.39, 0.29) is 6.42 Å². The van der Waals surface area contributed by atoms with Crippen LogP contribution in [0.1, 0.15) is 37.4 Å². The highest BCUT2D eigenvalue weighted by Crippen LogP contribution is 2.42. The summed E-state index contributed by atoms with van der Waals surface area (Å²) in [6, 6.07) is 1.14. The average Bonchev–Trinajstić information content (AvgIpc) is 2.21. The van der Waals surface area contributed by atoms with Crippen molar-refractivity contribution in [3.8, 4) is 0 Å². The van der Waals surface area contributed by atoms with Gasteiger partial charge in [0, 0.05) is 25.7 Å². The van der Waals surface area contributed by atoms with Gasteiger partial charge in [0.25, 0.3) is 0 Å². The van der Waals surface area contributed by atoms with Crippen molar-refractivity contribution < 1.29 is 23.0 Å². The first-order valence-corrected chi connectivity index (χ1v) is 5.85. The number of hydrogen-bond acceptors (Lipinski definition) is 2. The average molecular weight is 260 g/mol. The first-order valence-electron chi connectivity index (χ1n) is 5.85. The monoisotopic (exact) mass is 260 g/mol. The van der Waals surface area contributed by atoms with Crippen LogP contribution >= 0.6 is 0 Å². The van der Waals surface area contributed by atoms with Gasteiger partial charge in [-0.15, -0.1) is 0 Å². The highest BCUT2D eigenvalue weighted by atomic mass is 19.1. The van der Waals surface area contributed by atoms with Crippen molar-refractivity contribution in [3.63, 3.8) is 0 Å². The van der Waals surface area contributed by atoms with Crippen molar-refractivity contribution in [1.82, 2.24) is 0 Å². The van der Waals surface area contributed by atoms with E-state index in [1.807, 2.05) is 0 Å². The van der Waals surface area contributed by atoms with Gasteiger partial charge < -0.3 is 9.84 Å². The van der Waals surface area contributed by atoms with Crippen LogP contribution in [0, 0.1) is 17.5 Å². The summed E-state index contributed by atoms with van der Waals surface area (Å²) in [6.07, 6.45) is 1.26. The smallest absolute Gasteiger partial charge is 0.134 e. The fourth-order valence-corrected chi connectivity index (χ4v) is 2.39. The van der Waals surface area contributed by atoms with E-state index in [1.165, 1.54) is 7.11 Å². The minimum absolute atomic E-state index is 0.114. The standard InChI is InChI=1S/C13H15F3O2/c1-18-13(3-2-4-13)7-11(17)12-9(15)5-8(14)6-10(12)16/h5-6,11,17H,2-4,7H2,1H3. The van der Waals surface area contributed by atoms with E-state index in [0.29, 0.717) is 12.1 Å². The minimum Gasteiger partial charge on any atom is -0.388 e. The van der Waals surface area contributed by atoms with Crippen LogP contribution in [0.3, 0.4) is 0 Å². The lowest BCUT2D eigenvalue weighted by molar-refractivity contribution is -0.101. The summed E-state index contributed by atoms with van der Waals surface area (Å²) in [4.78, 5) is 0. The number of aliphatic hydroxyl groups is 1. The molecule has 0 amide bonds. The quantitative estimate of drug-likeness (QED) is 0.901. The van der Waals surface area contributed by atoms with Crippen LogP contribution in [0.15, 0.2) is 12.1 Å². The maximum atomic E-state index is 13.5. The van der Waals surface area contributed by atoms with Gasteiger partial charge in [0.05, 0.1) is 17.3 Å². The molecule has 0 saturated heterocycles. The Morgan fingerprint density at radius 2 is 1.83 bits per heavy atom. The van der Waals surface area contributed by atoms with Crippen LogP contribution in [0.4, 0.5) is 13.2 Å². The van der Waals surface area contributed by atoms with E-state index >= 15 is 0 Å². The van der Waals surface area contributed by atoms with Gasteiger partial charge in [0.2, 0.25) is 0 Å². The molecule has 1 aromatic rings. The third kappa shape index (κ3) is 2.37. The lowest BCUT2D eigenvalue weighted by Gasteiger charge is -2.41. The molecule has 100 valence electrons. The molecule has 1 aliphatic carbocycles. The summed E-state index contributed by atoms with van der Waals surface area (Å²) in [5, 5.41) is 9.92. The Labute approximate surface area is 103 Å². The lowest BCUT2D eigenvalue weighted by Crippen LogP contribution is -2.40. The first-order chi connectivity index (χ1) is 8.47. The molecule has 2 nitrogen and oxygen atoms in total. The second-order valence-electron chi connectivity index (χ2n) is 4.74. The lowest BCUT2D eigenvalue weighted by atomic mass is 9.75. The van der Waals surface area contributed by atoms with Crippen LogP contribution in [0.5, 0.6) is 0 Å². The number of benzene rings is 1. The maximum Gasteiger partial charge on any atom is 0.134 e. The molecule has 2 rings (SSSR count). The van der Waals surface area contributed by atoms with E-state index in [4.69, 9.17) is 4.74 Å². The van der Waals surface area contributed by atoms with E-state index in [1.54, 1.807) is 0 Å². The Hall–Kier alpha value is -1.07. The highest BCUT2D eigenvalue weighted by Gasteiger charge is 2.40. The van der Waals surface area contributed by atoms with Gasteiger partial charge >= 0.3 is 0 Å². The van der Waals surface area contributed by atoms with E-state index in [9.17, 15) is 18.3 Å². The molecule has 1 unspecified atom stereocenters. The third-order valence-electron chi connectivity index (χ3n) is 3.64. The van der Waals surface area contributed by atoms with Crippen LogP contribution in [-0.2, 0) is 4.74 Å². The SMILES string of the molecule is COC1(CC(O)c2c(F)cc(F)cc2F)CCC1. The third-order valence-corrected chi connectivity index (χ3v) is 3.64. The van der Waals surface area contributed by atoms with Gasteiger partial charge in [0.15, 0.2) is 0 Å². The molecule has 0 bridgehead atoms. The molecule has 0 aromatic heterocycles.